The predicted molar refractivity (Wildman–Crippen MR) is 33.7 cm³/mol. The van der Waals surface area contributed by atoms with Crippen molar-refractivity contribution in [2.24, 2.45) is 5.73 Å². The van der Waals surface area contributed by atoms with Gasteiger partial charge in [-0.15, -0.1) is 10.2 Å². The summed E-state index contributed by atoms with van der Waals surface area (Å²) in [5, 5.41) is 15.7. The monoisotopic (exact) mass is 157 g/mol. The van der Waals surface area contributed by atoms with Gasteiger partial charge in [0.05, 0.1) is 0 Å². The topological polar surface area (TPSA) is 102 Å². The fourth-order valence-electron chi connectivity index (χ4n) is 0.530. The van der Waals surface area contributed by atoms with Crippen molar-refractivity contribution in [2.75, 3.05) is 6.54 Å². The van der Waals surface area contributed by atoms with E-state index in [2.05, 4.69) is 14.6 Å². The minimum absolute atomic E-state index is 0.0134. The van der Waals surface area contributed by atoms with Gasteiger partial charge in [-0.05, 0) is 0 Å². The summed E-state index contributed by atoms with van der Waals surface area (Å²) in [6.45, 7) is -0.0134. The Morgan fingerprint density at radius 1 is 1.73 bits per heavy atom. The molecule has 60 valence electrons. The second-order valence-corrected chi connectivity index (χ2v) is 1.85. The molecule has 1 heterocycles. The number of carbonyl (C=O) groups excluding carboxylic acids is 1. The Labute approximate surface area is 62.0 Å². The van der Waals surface area contributed by atoms with Crippen LogP contribution in [-0.2, 0) is 0 Å². The first-order valence-electron chi connectivity index (χ1n) is 2.94. The normalized spacial score (nSPS) is 12.9. The average molecular weight is 157 g/mol. The van der Waals surface area contributed by atoms with Crippen molar-refractivity contribution < 1.29 is 14.3 Å². The molecule has 1 aromatic rings. The van der Waals surface area contributed by atoms with Crippen LogP contribution in [0.15, 0.2) is 4.42 Å². The van der Waals surface area contributed by atoms with E-state index in [1.807, 2.05) is 0 Å². The molecular formula is C5H7N3O3. The molecule has 0 amide bonds. The maximum Gasteiger partial charge on any atom is 0.280 e. The Bertz CT molecular complexity index is 247. The molecule has 0 radical (unpaired) electrons. The molecule has 0 spiro atoms. The number of nitrogens with zero attached hydrogens (tertiary/aromatic N) is 2. The predicted octanol–water partition coefficient (Wildman–Crippen LogP) is -1.13. The van der Waals surface area contributed by atoms with E-state index in [0.717, 1.165) is 0 Å². The van der Waals surface area contributed by atoms with Crippen LogP contribution in [0.4, 0.5) is 0 Å². The van der Waals surface area contributed by atoms with Crippen molar-refractivity contribution in [3.8, 4) is 0 Å². The standard InChI is InChI=1S/C5H7N3O3/c6-1-3(10)5-8-7-4(2-9)11-5/h2-3,10H,1,6H2/t3-/m0/s1. The van der Waals surface area contributed by atoms with Gasteiger partial charge in [-0.2, -0.15) is 0 Å². The number of carbonyl (C=O) groups is 1. The number of aliphatic hydroxyl groups excluding tert-OH is 1. The zero-order valence-corrected chi connectivity index (χ0v) is 5.60. The minimum Gasteiger partial charge on any atom is -0.416 e. The van der Waals surface area contributed by atoms with Gasteiger partial charge in [0.2, 0.25) is 12.2 Å². The van der Waals surface area contributed by atoms with Crippen LogP contribution in [0.5, 0.6) is 0 Å². The summed E-state index contributed by atoms with van der Waals surface area (Å²) >= 11 is 0. The highest BCUT2D eigenvalue weighted by atomic mass is 16.4. The molecule has 11 heavy (non-hydrogen) atoms. The van der Waals surface area contributed by atoms with Crippen LogP contribution in [0.2, 0.25) is 0 Å². The lowest BCUT2D eigenvalue weighted by molar-refractivity contribution is 0.108. The van der Waals surface area contributed by atoms with Crippen LogP contribution in [0.25, 0.3) is 0 Å². The molecule has 0 saturated heterocycles. The van der Waals surface area contributed by atoms with Crippen molar-refractivity contribution >= 4 is 6.29 Å². The lowest BCUT2D eigenvalue weighted by atomic mass is 10.4. The first-order valence-corrected chi connectivity index (χ1v) is 2.94. The van der Waals surface area contributed by atoms with Gasteiger partial charge in [0.25, 0.3) is 5.89 Å². The number of rotatable bonds is 3. The molecule has 1 rings (SSSR count). The first kappa shape index (κ1) is 7.83. The lowest BCUT2D eigenvalue weighted by Crippen LogP contribution is -2.11. The summed E-state index contributed by atoms with van der Waals surface area (Å²) in [5.74, 6) is -0.192. The second-order valence-electron chi connectivity index (χ2n) is 1.85. The Balaban J connectivity index is 2.79. The molecule has 0 unspecified atom stereocenters. The van der Waals surface area contributed by atoms with Crippen LogP contribution < -0.4 is 5.73 Å². The molecule has 0 aliphatic rings. The molecule has 0 aliphatic heterocycles. The summed E-state index contributed by atoms with van der Waals surface area (Å²) in [5.41, 5.74) is 5.09. The van der Waals surface area contributed by atoms with E-state index >= 15 is 0 Å². The van der Waals surface area contributed by atoms with Crippen LogP contribution in [-0.4, -0.2) is 28.1 Å². The number of aliphatic hydroxyl groups is 1. The van der Waals surface area contributed by atoms with Crippen LogP contribution >= 0.6 is 0 Å². The molecule has 3 N–H and O–H groups in total. The lowest BCUT2D eigenvalue weighted by Gasteiger charge is -1.97. The highest BCUT2D eigenvalue weighted by Gasteiger charge is 2.12. The molecule has 6 heteroatoms. The largest absolute Gasteiger partial charge is 0.416 e. The third-order valence-electron chi connectivity index (χ3n) is 1.07. The molecule has 0 saturated carbocycles. The summed E-state index contributed by atoms with van der Waals surface area (Å²) < 4.78 is 4.67. The third kappa shape index (κ3) is 1.60. The molecule has 1 atom stereocenters. The van der Waals surface area contributed by atoms with E-state index in [1.165, 1.54) is 0 Å². The van der Waals surface area contributed by atoms with Gasteiger partial charge in [-0.3, -0.25) is 4.79 Å². The Morgan fingerprint density at radius 3 is 2.91 bits per heavy atom. The van der Waals surface area contributed by atoms with Crippen molar-refractivity contribution in [1.29, 1.82) is 0 Å². The van der Waals surface area contributed by atoms with E-state index in [4.69, 9.17) is 10.8 Å². The summed E-state index contributed by atoms with van der Waals surface area (Å²) in [4.78, 5) is 10.0. The zero-order valence-electron chi connectivity index (χ0n) is 5.60. The summed E-state index contributed by atoms with van der Waals surface area (Å²) in [6, 6.07) is 0. The fraction of sp³-hybridized carbons (Fsp3) is 0.400. The maximum absolute atomic E-state index is 10.0. The van der Waals surface area contributed by atoms with Gasteiger partial charge in [-0.1, -0.05) is 0 Å². The second kappa shape index (κ2) is 3.22. The van der Waals surface area contributed by atoms with Crippen molar-refractivity contribution in [3.63, 3.8) is 0 Å². The number of aromatic nitrogens is 2. The SMILES string of the molecule is NC[C@H](O)c1nnc(C=O)o1. The molecular weight excluding hydrogens is 150 g/mol. The van der Waals surface area contributed by atoms with Gasteiger partial charge in [-0.25, -0.2) is 0 Å². The summed E-state index contributed by atoms with van der Waals surface area (Å²) in [7, 11) is 0. The smallest absolute Gasteiger partial charge is 0.280 e. The molecule has 0 aromatic carbocycles. The van der Waals surface area contributed by atoms with Crippen LogP contribution in [0.3, 0.4) is 0 Å². The van der Waals surface area contributed by atoms with Crippen molar-refractivity contribution in [1.82, 2.24) is 10.2 Å². The zero-order chi connectivity index (χ0) is 8.27. The van der Waals surface area contributed by atoms with Crippen LogP contribution in [0.1, 0.15) is 22.7 Å². The van der Waals surface area contributed by atoms with Gasteiger partial charge >= 0.3 is 0 Å². The third-order valence-corrected chi connectivity index (χ3v) is 1.07. The van der Waals surface area contributed by atoms with Gasteiger partial charge in [0.1, 0.15) is 6.10 Å². The highest BCUT2D eigenvalue weighted by molar-refractivity contribution is 5.66. The Morgan fingerprint density at radius 2 is 2.45 bits per heavy atom. The van der Waals surface area contributed by atoms with Crippen molar-refractivity contribution in [3.05, 3.63) is 11.8 Å². The number of hydrogen-bond acceptors (Lipinski definition) is 6. The molecule has 0 bridgehead atoms. The number of hydrogen-bond donors (Lipinski definition) is 2. The molecule has 6 nitrogen and oxygen atoms in total. The van der Waals surface area contributed by atoms with E-state index in [0.29, 0.717) is 6.29 Å². The van der Waals surface area contributed by atoms with Crippen molar-refractivity contribution in [2.45, 2.75) is 6.10 Å². The van der Waals surface area contributed by atoms with Gasteiger partial charge in [0, 0.05) is 6.54 Å². The highest BCUT2D eigenvalue weighted by Crippen LogP contribution is 2.07. The Kier molecular flexibility index (Phi) is 2.29. The molecule has 0 aliphatic carbocycles. The number of nitrogens with two attached hydrogens (primary N) is 1. The van der Waals surface area contributed by atoms with Gasteiger partial charge in [0.15, 0.2) is 0 Å². The van der Waals surface area contributed by atoms with E-state index in [9.17, 15) is 4.79 Å². The van der Waals surface area contributed by atoms with E-state index in [-0.39, 0.29) is 18.3 Å². The minimum atomic E-state index is -0.990. The van der Waals surface area contributed by atoms with E-state index in [1.54, 1.807) is 0 Å². The fourth-order valence-corrected chi connectivity index (χ4v) is 0.530. The Hall–Kier alpha value is -1.27. The van der Waals surface area contributed by atoms with Crippen LogP contribution in [0, 0.1) is 0 Å². The molecule has 0 fully saturated rings. The van der Waals surface area contributed by atoms with E-state index < -0.39 is 6.10 Å². The summed E-state index contributed by atoms with van der Waals surface area (Å²) in [6.07, 6.45) is -0.587. The van der Waals surface area contributed by atoms with Gasteiger partial charge < -0.3 is 15.3 Å². The average Bonchev–Trinajstić information content (AvgIpc) is 2.50. The first-order chi connectivity index (χ1) is 5.27. The maximum atomic E-state index is 10.0. The quantitative estimate of drug-likeness (QED) is 0.538. The molecule has 1 aromatic heterocycles. The number of aldehydes is 1.